The van der Waals surface area contributed by atoms with Crippen molar-refractivity contribution in [3.05, 3.63) is 206 Å². The Bertz CT molecular complexity index is 6560. The van der Waals surface area contributed by atoms with Gasteiger partial charge in [-0.25, -0.2) is 19.2 Å². The second kappa shape index (κ2) is 51.7. The molecule has 1 radical (unpaired) electrons. The third-order valence-electron chi connectivity index (χ3n) is 25.2. The van der Waals surface area contributed by atoms with E-state index in [1.54, 1.807) is 31.1 Å². The van der Waals surface area contributed by atoms with E-state index in [1.807, 2.05) is 48.5 Å². The quantitative estimate of drug-likeness (QED) is 0.00881. The number of fused-ring (bicyclic) bond motifs is 3. The van der Waals surface area contributed by atoms with Crippen LogP contribution in [0.15, 0.2) is 118 Å². The number of aliphatic hydroxyl groups is 9. The number of nitrogens with zero attached hydrogens (tertiary/aromatic N) is 7. The summed E-state index contributed by atoms with van der Waals surface area (Å²) >= 11 is 7.90. The first-order valence-corrected chi connectivity index (χ1v) is 63.9. The molecule has 803 valence electrons. The van der Waals surface area contributed by atoms with Crippen molar-refractivity contribution < 1.29 is 103 Å². The Morgan fingerprint density at radius 1 is 0.497 bits per heavy atom. The van der Waals surface area contributed by atoms with E-state index in [0.29, 0.717) is 61.0 Å². The number of hydrogen-bond acceptors (Lipinski definition) is 33. The standard InChI is InChI=1S/C34H41N2O9P.C17H27N2O6P.C16H25N2O6P.C15H26N3O4PS.C15H25N3O4PSe/c1-20(32(40)45-34(42)43-19-26-23-12-8-6-10-21(23)22-11-7-9-13-24(22)26)14-16-36-31(39)25(18-35(2)33(36)41)30-29(38)28(37)27(44-30)15-17-46(3,4)5;1-10(20)8-11-9-19(17(23)18-15(11)22)16-14(24-2)13(21)12(25-16)6-7-26(3,4)5;1-9(19)7-10-8-18(16(23)17-14(10)22)15-13(21)12(20)11(24-15)5-6-25(2,3)4;2*1-16-7-9-8-18(15(24)17-13(9)21)14-12(20)11(19)10(22-14)5-6-23(2,3)4/h6-13,18,20,26-30,37-38H,3,14-17,19H2,1-2,4-5H3;9,12-14,16,21H,3,6-8H2,1-2,4-5H3,(H,18,22,23);8,11-13,15,20-21H,2,5-7H2,1,3-4H3,(H,17,22,23);8,10-12,14,16,19-20H,2,5-7H2,1,3-4H3,(H,17,21,24);8,10-12,14,16,19-20H,2,5-7H2,1,3-4H3/t20?,27-,28-,29-,30+;12-,13-,14-,16-;11-,12-,13-,15-;2*10-,11-,12-,14-/m11111/s1. The van der Waals surface area contributed by atoms with E-state index in [-0.39, 0.29) is 82.5 Å². The van der Waals surface area contributed by atoms with Crippen LogP contribution in [0.2, 0.25) is 0 Å². The number of aromatic amines is 3. The Labute approximate surface area is 854 Å². The predicted octanol–water partition coefficient (Wildman–Crippen LogP) is 1.57. The van der Waals surface area contributed by atoms with E-state index >= 15 is 0 Å². The number of aromatic nitrogens is 10. The monoisotopic (exact) mass is 2210 g/mol. The first kappa shape index (κ1) is 121. The molecule has 0 spiro atoms. The fourth-order valence-corrected chi connectivity index (χ4v) is 22.8. The summed E-state index contributed by atoms with van der Waals surface area (Å²) in [4.78, 5) is 157. The number of H-pyrrole nitrogens is 3. The number of ketones is 2. The molecule has 5 aromatic heterocycles. The Balaban J connectivity index is 0.000000208. The van der Waals surface area contributed by atoms with Gasteiger partial charge in [0.25, 0.3) is 22.2 Å². The third-order valence-corrected chi connectivity index (χ3v) is 33.5. The number of ether oxygens (including phenoxy) is 8. The molecular formula is C97H144N12O29P5SSe. The van der Waals surface area contributed by atoms with Crippen molar-refractivity contribution in [2.45, 2.75) is 220 Å². The van der Waals surface area contributed by atoms with Crippen molar-refractivity contribution in [1.29, 1.82) is 0 Å². The van der Waals surface area contributed by atoms with Gasteiger partial charge in [0.1, 0.15) is 73.1 Å². The van der Waals surface area contributed by atoms with Gasteiger partial charge < -0.3 is 78.8 Å². The molecule has 6 aliphatic rings. The van der Waals surface area contributed by atoms with Crippen molar-refractivity contribution in [3.63, 3.8) is 0 Å². The van der Waals surface area contributed by atoms with Crippen molar-refractivity contribution >= 4 is 123 Å². The number of methoxy groups -OCH3 is 1. The summed E-state index contributed by atoms with van der Waals surface area (Å²) in [6, 6.07) is 15.7. The fraction of sp³-hybridized carbons (Fsp3) is 0.577. The van der Waals surface area contributed by atoms with Gasteiger partial charge in [0, 0.05) is 87.5 Å². The van der Waals surface area contributed by atoms with Crippen LogP contribution in [0, 0.1) is 10.7 Å². The number of carbonyl (C=O) groups excluding carboxylic acids is 4. The topological polar surface area (TPSA) is 575 Å². The summed E-state index contributed by atoms with van der Waals surface area (Å²) < 4.78 is 52.9. The van der Waals surface area contributed by atoms with Gasteiger partial charge in [-0.05, 0) is 165 Å². The Morgan fingerprint density at radius 2 is 0.869 bits per heavy atom. The number of esters is 1. The molecule has 5 saturated heterocycles. The maximum atomic E-state index is 13.4. The Hall–Kier alpha value is -7.92. The van der Waals surface area contributed by atoms with Gasteiger partial charge >= 0.3 is 179 Å². The van der Waals surface area contributed by atoms with Gasteiger partial charge in [0.15, 0.2) is 23.5 Å². The molecule has 10 heterocycles. The molecule has 41 nitrogen and oxygen atoms in total. The predicted molar refractivity (Wildman–Crippen MR) is 573 cm³/mol. The molecule has 14 N–H and O–H groups in total. The van der Waals surface area contributed by atoms with Gasteiger partial charge in [-0.2, -0.15) is 0 Å². The molecule has 5 aliphatic heterocycles. The van der Waals surface area contributed by atoms with E-state index in [1.165, 1.54) is 67.2 Å². The summed E-state index contributed by atoms with van der Waals surface area (Å²) in [6.45, 7) is 19.2. The van der Waals surface area contributed by atoms with Crippen LogP contribution in [0.4, 0.5) is 4.79 Å². The van der Waals surface area contributed by atoms with Gasteiger partial charge in [-0.1, -0.05) is 55.5 Å². The molecule has 5 fully saturated rings. The zero-order chi connectivity index (χ0) is 108. The number of carbonyl (C=O) groups is 4. The molecular weight excluding hydrogens is 2060 g/mol. The van der Waals surface area contributed by atoms with E-state index in [2.05, 4.69) is 145 Å². The van der Waals surface area contributed by atoms with Gasteiger partial charge in [0.05, 0.1) is 35.9 Å². The summed E-state index contributed by atoms with van der Waals surface area (Å²) in [5, 5.41) is 99.6. The number of aryl methyl sites for hydroxylation is 1. The van der Waals surface area contributed by atoms with Crippen molar-refractivity contribution in [2.75, 3.05) is 125 Å². The molecule has 0 amide bonds. The van der Waals surface area contributed by atoms with Crippen LogP contribution in [0.1, 0.15) is 135 Å². The summed E-state index contributed by atoms with van der Waals surface area (Å²) in [5.74, 6) is -2.33. The number of nitrogens with one attached hydrogen (secondary N) is 5. The second-order valence-electron chi connectivity index (χ2n) is 41.1. The number of hydrogen-bond donors (Lipinski definition) is 14. The number of aliphatic hydroxyl groups excluding tert-OH is 9. The van der Waals surface area contributed by atoms with Gasteiger partial charge in [0.2, 0.25) is 0 Å². The van der Waals surface area contributed by atoms with Gasteiger partial charge in [-0.3, -0.25) is 66.8 Å². The van der Waals surface area contributed by atoms with Crippen LogP contribution in [-0.2, 0) is 91.8 Å². The zero-order valence-corrected chi connectivity index (χ0v) is 92.1. The van der Waals surface area contributed by atoms with Crippen molar-refractivity contribution in [2.24, 2.45) is 13.0 Å². The number of Topliss-reactive ketones (excluding diaryl/α,β-unsaturated/α-hetero) is 2. The molecule has 1 aliphatic carbocycles. The minimum absolute atomic E-state index is 0.00790. The summed E-state index contributed by atoms with van der Waals surface area (Å²) in [6.07, 6.45) is 14.9. The SMILES string of the molecule is C=P(C)(C)CC[C@H]1O[C@@H](c2cn(C)c(=O)n(CCC(C)C(=O)OC(=O)OCC3c4ccccc4-c4ccccc43)c2=O)[C@H](O)[C@@H]1O.C=P(C)(C)CC[C@H]1O[C@@H](n2cc(CC(C)=O)c(=O)[nH]c2=O)[C@H](O)[C@@H]1O.C=P(C)(C)CC[C@H]1O[C@@H](n2cc(CC(C)=O)c(=O)[nH]c2=O)[C@H](OC)[C@@H]1O.C=P(C)(C)CC[C@H]1O[C@@H](n2cc(CNC)c(=O)[nH]c2=S)[C@H](O)[C@@H]1O.C=P(C)(C)CC[C@H]1O[C@@H](n2cc(CNC)c(=O)nc2[Se])[C@H](O)[C@@H]1O. The van der Waals surface area contributed by atoms with Crippen LogP contribution in [-0.4, -0.2) is 381 Å². The van der Waals surface area contributed by atoms with Crippen molar-refractivity contribution in [1.82, 2.24) is 58.0 Å². The summed E-state index contributed by atoms with van der Waals surface area (Å²) in [7, 11) is 6.36. The van der Waals surface area contributed by atoms with E-state index in [9.17, 15) is 103 Å². The molecule has 145 heavy (non-hydrogen) atoms. The summed E-state index contributed by atoms with van der Waals surface area (Å²) in [5.41, 5.74) is 0.799. The first-order valence-electron chi connectivity index (χ1n) is 47.3. The molecule has 7 aromatic rings. The Morgan fingerprint density at radius 3 is 1.30 bits per heavy atom. The molecule has 0 bridgehead atoms. The van der Waals surface area contributed by atoms with E-state index in [0.717, 1.165) is 62.2 Å². The maximum absolute atomic E-state index is 13.4. The second-order valence-corrected chi connectivity index (χ2v) is 63.8. The average molecular weight is 2210 g/mol. The fourth-order valence-electron chi connectivity index (χ4n) is 17.3. The van der Waals surface area contributed by atoms with Crippen LogP contribution in [0.5, 0.6) is 0 Å². The molecule has 2 aromatic carbocycles. The molecule has 21 atom stereocenters. The molecule has 1 unspecified atom stereocenters. The molecule has 13 rings (SSSR count). The first-order chi connectivity index (χ1) is 67.6. The van der Waals surface area contributed by atoms with Crippen LogP contribution in [0.25, 0.3) is 11.1 Å². The van der Waals surface area contributed by atoms with E-state index in [4.69, 9.17) is 50.1 Å². The third kappa shape index (κ3) is 32.6. The molecule has 48 heteroatoms. The minimum atomic E-state index is -1.41. The van der Waals surface area contributed by atoms with Crippen LogP contribution in [0.3, 0.4) is 0 Å². The number of benzene rings is 2. The van der Waals surface area contributed by atoms with E-state index < -0.39 is 209 Å². The zero-order valence-electron chi connectivity index (χ0n) is 85.1. The number of rotatable bonds is 35. The normalized spacial score (nSPS) is 25.2. The van der Waals surface area contributed by atoms with Crippen molar-refractivity contribution in [3.8, 4) is 11.1 Å². The molecule has 0 saturated carbocycles. The average Bonchev–Trinajstić information content (AvgIpc) is 1.64. The Kier molecular flexibility index (Phi) is 43.0. The van der Waals surface area contributed by atoms with Crippen LogP contribution < -0.4 is 60.2 Å². The van der Waals surface area contributed by atoms with Gasteiger partial charge in [-0.15, -0.1) is 52.7 Å². The van der Waals surface area contributed by atoms with Crippen LogP contribution >= 0.6 is 46.6 Å².